The molecule has 0 bridgehead atoms. The molecule has 0 aliphatic rings. The molecule has 0 aromatic heterocycles. The Labute approximate surface area is 113 Å². The molecule has 1 aromatic carbocycles. The minimum Gasteiger partial charge on any atom is -0.357 e. The molecule has 5 nitrogen and oxygen atoms in total. The standard InChI is InChI=1S/C12H13F3N2O3/c1-3-16(7-12(13,14)15)10-5-4-9(8(2)18)6-11(10)17(19)20/h4-6H,3,7H2,1-2H3. The summed E-state index contributed by atoms with van der Waals surface area (Å²) in [6.45, 7) is 1.36. The van der Waals surface area contributed by atoms with E-state index in [9.17, 15) is 28.1 Å². The van der Waals surface area contributed by atoms with Gasteiger partial charge in [-0.25, -0.2) is 0 Å². The largest absolute Gasteiger partial charge is 0.405 e. The van der Waals surface area contributed by atoms with Crippen molar-refractivity contribution in [3.63, 3.8) is 0 Å². The van der Waals surface area contributed by atoms with E-state index in [1.54, 1.807) is 0 Å². The summed E-state index contributed by atoms with van der Waals surface area (Å²) in [4.78, 5) is 22.2. The third kappa shape index (κ3) is 3.94. The topological polar surface area (TPSA) is 63.5 Å². The van der Waals surface area contributed by atoms with Gasteiger partial charge in [-0.2, -0.15) is 13.2 Å². The normalized spacial score (nSPS) is 11.2. The van der Waals surface area contributed by atoms with Crippen LogP contribution in [-0.2, 0) is 0 Å². The predicted molar refractivity (Wildman–Crippen MR) is 67.0 cm³/mol. The molecule has 0 fully saturated rings. The maximum absolute atomic E-state index is 12.5. The van der Waals surface area contributed by atoms with E-state index in [1.807, 2.05) is 0 Å². The van der Waals surface area contributed by atoms with Crippen LogP contribution in [0.25, 0.3) is 0 Å². The van der Waals surface area contributed by atoms with Crippen molar-refractivity contribution in [2.75, 3.05) is 18.0 Å². The van der Waals surface area contributed by atoms with Crippen molar-refractivity contribution in [3.8, 4) is 0 Å². The third-order valence-corrected chi connectivity index (χ3v) is 2.67. The first-order valence-corrected chi connectivity index (χ1v) is 5.76. The zero-order chi connectivity index (χ0) is 15.5. The number of hydrogen-bond acceptors (Lipinski definition) is 4. The number of Topliss-reactive ketones (excluding diaryl/α,β-unsaturated/α-hetero) is 1. The highest BCUT2D eigenvalue weighted by Gasteiger charge is 2.32. The maximum atomic E-state index is 12.5. The van der Waals surface area contributed by atoms with Gasteiger partial charge < -0.3 is 4.90 Å². The van der Waals surface area contributed by atoms with E-state index in [0.29, 0.717) is 0 Å². The first kappa shape index (κ1) is 15.9. The number of nitrogens with zero attached hydrogens (tertiary/aromatic N) is 2. The number of benzene rings is 1. The zero-order valence-electron chi connectivity index (χ0n) is 10.9. The number of ketones is 1. The number of halogens is 3. The molecule has 110 valence electrons. The second kappa shape index (κ2) is 5.89. The number of carbonyl (C=O) groups is 1. The van der Waals surface area contributed by atoms with Crippen LogP contribution in [0.15, 0.2) is 18.2 Å². The summed E-state index contributed by atoms with van der Waals surface area (Å²) < 4.78 is 37.4. The van der Waals surface area contributed by atoms with Gasteiger partial charge in [0.2, 0.25) is 0 Å². The molecule has 0 N–H and O–H groups in total. The molecule has 8 heteroatoms. The summed E-state index contributed by atoms with van der Waals surface area (Å²) in [5, 5.41) is 11.0. The number of anilines is 1. The van der Waals surface area contributed by atoms with Gasteiger partial charge in [0.25, 0.3) is 5.69 Å². The van der Waals surface area contributed by atoms with E-state index >= 15 is 0 Å². The molecule has 0 spiro atoms. The highest BCUT2D eigenvalue weighted by molar-refractivity contribution is 5.95. The van der Waals surface area contributed by atoms with Crippen molar-refractivity contribution in [3.05, 3.63) is 33.9 Å². The van der Waals surface area contributed by atoms with Gasteiger partial charge in [0.15, 0.2) is 5.78 Å². The molecule has 1 rings (SSSR count). The average Bonchev–Trinajstić information content (AvgIpc) is 2.34. The SMILES string of the molecule is CCN(CC(F)(F)F)c1ccc(C(C)=O)cc1[N+](=O)[O-]. The molecule has 0 heterocycles. The lowest BCUT2D eigenvalue weighted by Crippen LogP contribution is -2.34. The van der Waals surface area contributed by atoms with Crippen LogP contribution in [0, 0.1) is 10.1 Å². The summed E-state index contributed by atoms with van der Waals surface area (Å²) >= 11 is 0. The fourth-order valence-electron chi connectivity index (χ4n) is 1.74. The van der Waals surface area contributed by atoms with E-state index in [1.165, 1.54) is 26.0 Å². The summed E-state index contributed by atoms with van der Waals surface area (Å²) in [5.74, 6) is -0.390. The Morgan fingerprint density at radius 1 is 1.40 bits per heavy atom. The zero-order valence-corrected chi connectivity index (χ0v) is 10.9. The number of nitro benzene ring substituents is 1. The van der Waals surface area contributed by atoms with Gasteiger partial charge in [0.05, 0.1) is 4.92 Å². The van der Waals surface area contributed by atoms with E-state index in [2.05, 4.69) is 0 Å². The minimum atomic E-state index is -4.47. The predicted octanol–water partition coefficient (Wildman–Crippen LogP) is 3.19. The van der Waals surface area contributed by atoms with Crippen LogP contribution in [0.5, 0.6) is 0 Å². The van der Waals surface area contributed by atoms with Crippen molar-refractivity contribution < 1.29 is 22.9 Å². The number of nitro groups is 1. The van der Waals surface area contributed by atoms with Crippen molar-refractivity contribution in [2.24, 2.45) is 0 Å². The van der Waals surface area contributed by atoms with Crippen molar-refractivity contribution >= 4 is 17.2 Å². The van der Waals surface area contributed by atoms with Crippen LogP contribution >= 0.6 is 0 Å². The first-order chi connectivity index (χ1) is 9.15. The molecule has 0 amide bonds. The lowest BCUT2D eigenvalue weighted by Gasteiger charge is -2.24. The monoisotopic (exact) mass is 290 g/mol. The van der Waals surface area contributed by atoms with Crippen LogP contribution in [0.4, 0.5) is 24.5 Å². The van der Waals surface area contributed by atoms with Gasteiger partial charge in [-0.1, -0.05) is 0 Å². The molecule has 0 aliphatic heterocycles. The van der Waals surface area contributed by atoms with Crippen LogP contribution in [-0.4, -0.2) is 30.0 Å². The Morgan fingerprint density at radius 3 is 2.40 bits per heavy atom. The van der Waals surface area contributed by atoms with Crippen LogP contribution in [0.3, 0.4) is 0 Å². The van der Waals surface area contributed by atoms with Gasteiger partial charge >= 0.3 is 6.18 Å². The fourth-order valence-corrected chi connectivity index (χ4v) is 1.74. The lowest BCUT2D eigenvalue weighted by atomic mass is 10.1. The highest BCUT2D eigenvalue weighted by Crippen LogP contribution is 2.31. The summed E-state index contributed by atoms with van der Waals surface area (Å²) in [6, 6.07) is 3.45. The number of rotatable bonds is 5. The van der Waals surface area contributed by atoms with E-state index in [-0.39, 0.29) is 17.8 Å². The first-order valence-electron chi connectivity index (χ1n) is 5.76. The molecule has 0 aliphatic carbocycles. The number of carbonyl (C=O) groups excluding carboxylic acids is 1. The van der Waals surface area contributed by atoms with E-state index in [4.69, 9.17) is 0 Å². The number of alkyl halides is 3. The van der Waals surface area contributed by atoms with Crippen molar-refractivity contribution in [1.82, 2.24) is 0 Å². The molecule has 1 aromatic rings. The second-order valence-electron chi connectivity index (χ2n) is 4.15. The quantitative estimate of drug-likeness (QED) is 0.474. The molecule has 20 heavy (non-hydrogen) atoms. The van der Waals surface area contributed by atoms with Gasteiger partial charge in [0.1, 0.15) is 12.2 Å². The van der Waals surface area contributed by atoms with Crippen molar-refractivity contribution in [1.29, 1.82) is 0 Å². The Kier molecular flexibility index (Phi) is 4.69. The Balaban J connectivity index is 3.28. The van der Waals surface area contributed by atoms with Crippen LogP contribution in [0.2, 0.25) is 0 Å². The summed E-state index contributed by atoms with van der Waals surface area (Å²) in [5.41, 5.74) is -0.577. The fraction of sp³-hybridized carbons (Fsp3) is 0.417. The van der Waals surface area contributed by atoms with Gasteiger partial charge in [-0.05, 0) is 26.0 Å². The summed E-state index contributed by atoms with van der Waals surface area (Å²) in [7, 11) is 0. The Hall–Kier alpha value is -2.12. The second-order valence-corrected chi connectivity index (χ2v) is 4.15. The maximum Gasteiger partial charge on any atom is 0.405 e. The molecule has 0 atom stereocenters. The minimum absolute atomic E-state index is 0.0419. The molecule has 0 saturated heterocycles. The molecular weight excluding hydrogens is 277 g/mol. The van der Waals surface area contributed by atoms with Gasteiger partial charge in [-0.3, -0.25) is 14.9 Å². The molecular formula is C12H13F3N2O3. The lowest BCUT2D eigenvalue weighted by molar-refractivity contribution is -0.384. The van der Waals surface area contributed by atoms with Crippen LogP contribution < -0.4 is 4.90 Å². The third-order valence-electron chi connectivity index (χ3n) is 2.67. The number of hydrogen-bond donors (Lipinski definition) is 0. The van der Waals surface area contributed by atoms with Crippen molar-refractivity contribution in [2.45, 2.75) is 20.0 Å². The average molecular weight is 290 g/mol. The Morgan fingerprint density at radius 2 is 2.00 bits per heavy atom. The van der Waals surface area contributed by atoms with E-state index in [0.717, 1.165) is 11.0 Å². The summed E-state index contributed by atoms with van der Waals surface area (Å²) in [6.07, 6.45) is -4.47. The molecule has 0 saturated carbocycles. The van der Waals surface area contributed by atoms with Crippen LogP contribution in [0.1, 0.15) is 24.2 Å². The highest BCUT2D eigenvalue weighted by atomic mass is 19.4. The van der Waals surface area contributed by atoms with Gasteiger partial charge in [-0.15, -0.1) is 0 Å². The smallest absolute Gasteiger partial charge is 0.357 e. The molecule has 0 unspecified atom stereocenters. The molecule has 0 radical (unpaired) electrons. The Bertz CT molecular complexity index is 529. The van der Waals surface area contributed by atoms with E-state index < -0.39 is 29.1 Å². The van der Waals surface area contributed by atoms with Gasteiger partial charge in [0, 0.05) is 18.2 Å².